The van der Waals surface area contributed by atoms with Gasteiger partial charge in [0, 0.05) is 0 Å². The van der Waals surface area contributed by atoms with E-state index in [0.717, 1.165) is 10.2 Å². The summed E-state index contributed by atoms with van der Waals surface area (Å²) in [7, 11) is 0. The molecule has 0 bridgehead atoms. The molecule has 1 aromatic carbocycles. The second-order valence-corrected chi connectivity index (χ2v) is 3.27. The zero-order valence-electron chi connectivity index (χ0n) is 6.02. The molecule has 5 heteroatoms. The van der Waals surface area contributed by atoms with E-state index >= 15 is 0 Å². The summed E-state index contributed by atoms with van der Waals surface area (Å²) < 4.78 is 0.919. The lowest BCUT2D eigenvalue weighted by Gasteiger charge is -1.87. The van der Waals surface area contributed by atoms with Crippen LogP contribution in [0.2, 0.25) is 0 Å². The topological polar surface area (TPSA) is 59.1 Å². The van der Waals surface area contributed by atoms with Crippen LogP contribution in [0, 0.1) is 0 Å². The van der Waals surface area contributed by atoms with Gasteiger partial charge >= 0.3 is 0 Å². The fourth-order valence-electron chi connectivity index (χ4n) is 0.931. The molecule has 0 aliphatic carbocycles. The first-order valence-corrected chi connectivity index (χ1v) is 3.92. The van der Waals surface area contributed by atoms with Crippen molar-refractivity contribution in [3.63, 3.8) is 0 Å². The molecule has 12 heavy (non-hydrogen) atoms. The van der Waals surface area contributed by atoms with Crippen LogP contribution in [0.5, 0.6) is 5.75 Å². The highest BCUT2D eigenvalue weighted by atomic mass is 79.9. The Labute approximate surface area is 83.6 Å². The summed E-state index contributed by atoms with van der Waals surface area (Å²) in [5.74, 6) is 0.251. The highest BCUT2D eigenvalue weighted by Crippen LogP contribution is 2.26. The number of phenols is 1. The van der Waals surface area contributed by atoms with E-state index in [-0.39, 0.29) is 22.7 Å². The quantitative estimate of drug-likeness (QED) is 0.749. The van der Waals surface area contributed by atoms with Crippen molar-refractivity contribution in [1.29, 1.82) is 0 Å². The summed E-state index contributed by atoms with van der Waals surface area (Å²) in [5.41, 5.74) is 6.30. The van der Waals surface area contributed by atoms with Crippen molar-refractivity contribution in [2.24, 2.45) is 0 Å². The van der Waals surface area contributed by atoms with E-state index in [4.69, 9.17) is 10.8 Å². The van der Waals surface area contributed by atoms with Crippen molar-refractivity contribution < 1.29 is 5.11 Å². The number of hydrogen-bond donors (Lipinski definition) is 2. The molecule has 0 spiro atoms. The van der Waals surface area contributed by atoms with Gasteiger partial charge in [-0.2, -0.15) is 0 Å². The molecule has 0 unspecified atom stereocenters. The molecule has 1 heterocycles. The number of benzene rings is 1. The minimum absolute atomic E-state index is 0. The van der Waals surface area contributed by atoms with Crippen molar-refractivity contribution in [1.82, 2.24) is 4.98 Å². The highest BCUT2D eigenvalue weighted by molar-refractivity contribution is 8.93. The summed E-state index contributed by atoms with van der Waals surface area (Å²) >= 11 is 1.37. The van der Waals surface area contributed by atoms with Crippen LogP contribution in [0.3, 0.4) is 0 Å². The minimum atomic E-state index is 0. The van der Waals surface area contributed by atoms with Gasteiger partial charge in [0.15, 0.2) is 5.13 Å². The van der Waals surface area contributed by atoms with E-state index in [2.05, 4.69) is 4.98 Å². The second-order valence-electron chi connectivity index (χ2n) is 2.20. The van der Waals surface area contributed by atoms with Gasteiger partial charge in [0.25, 0.3) is 0 Å². The Balaban J connectivity index is 0.000000720. The molecule has 0 aliphatic heterocycles. The third kappa shape index (κ3) is 1.51. The zero-order valence-corrected chi connectivity index (χ0v) is 8.55. The lowest BCUT2D eigenvalue weighted by Crippen LogP contribution is -1.78. The molecule has 3 nitrogen and oxygen atoms in total. The Morgan fingerprint density at radius 2 is 2.17 bits per heavy atom. The summed E-state index contributed by atoms with van der Waals surface area (Å²) in [6.45, 7) is 0. The lowest BCUT2D eigenvalue weighted by atomic mass is 10.3. The normalized spacial score (nSPS) is 9.67. The molecular formula is C7H7BrN2OS. The number of nitrogens with two attached hydrogens (primary N) is 1. The van der Waals surface area contributed by atoms with Crippen LogP contribution >= 0.6 is 28.3 Å². The molecule has 0 atom stereocenters. The Kier molecular flexibility index (Phi) is 2.54. The predicted molar refractivity (Wildman–Crippen MR) is 56.0 cm³/mol. The Bertz CT molecular complexity index is 401. The average Bonchev–Trinajstić information content (AvgIpc) is 2.27. The van der Waals surface area contributed by atoms with E-state index in [1.165, 1.54) is 11.3 Å². The third-order valence-electron chi connectivity index (χ3n) is 1.39. The fourth-order valence-corrected chi connectivity index (χ4v) is 1.70. The van der Waals surface area contributed by atoms with Crippen molar-refractivity contribution in [3.05, 3.63) is 18.2 Å². The molecule has 2 rings (SSSR count). The molecule has 0 radical (unpaired) electrons. The van der Waals surface area contributed by atoms with Gasteiger partial charge in [-0.1, -0.05) is 11.3 Å². The number of anilines is 1. The predicted octanol–water partition coefficient (Wildman–Crippen LogP) is 2.16. The van der Waals surface area contributed by atoms with Crippen molar-refractivity contribution >= 4 is 43.7 Å². The smallest absolute Gasteiger partial charge is 0.181 e. The van der Waals surface area contributed by atoms with Crippen LogP contribution in [0.25, 0.3) is 10.2 Å². The standard InChI is InChI=1S/C7H6N2OS.BrH/c8-7-9-5-2-1-4(10)3-6(5)11-7;/h1-3,10H,(H2,8,9);1H. The first-order chi connectivity index (χ1) is 5.25. The van der Waals surface area contributed by atoms with E-state index in [0.29, 0.717) is 5.13 Å². The van der Waals surface area contributed by atoms with Gasteiger partial charge in [-0.05, 0) is 18.2 Å². The first-order valence-electron chi connectivity index (χ1n) is 3.11. The Morgan fingerprint density at radius 1 is 1.42 bits per heavy atom. The molecule has 0 amide bonds. The van der Waals surface area contributed by atoms with Gasteiger partial charge in [0.05, 0.1) is 10.2 Å². The molecule has 2 aromatic rings. The molecule has 0 aliphatic rings. The van der Waals surface area contributed by atoms with Crippen LogP contribution in [-0.2, 0) is 0 Å². The van der Waals surface area contributed by atoms with Crippen LogP contribution in [0.4, 0.5) is 5.13 Å². The Morgan fingerprint density at radius 3 is 2.92 bits per heavy atom. The van der Waals surface area contributed by atoms with Crippen molar-refractivity contribution in [2.75, 3.05) is 5.73 Å². The number of halogens is 1. The van der Waals surface area contributed by atoms with E-state index in [1.807, 2.05) is 0 Å². The lowest BCUT2D eigenvalue weighted by molar-refractivity contribution is 0.476. The third-order valence-corrected chi connectivity index (χ3v) is 2.24. The number of thiazole rings is 1. The minimum Gasteiger partial charge on any atom is -0.508 e. The SMILES string of the molecule is Br.Nc1nc2ccc(O)cc2s1. The number of aromatic hydroxyl groups is 1. The molecule has 1 aromatic heterocycles. The molecule has 0 saturated heterocycles. The van der Waals surface area contributed by atoms with Gasteiger partial charge in [-0.3, -0.25) is 0 Å². The number of fused-ring (bicyclic) bond motifs is 1. The maximum Gasteiger partial charge on any atom is 0.181 e. The van der Waals surface area contributed by atoms with E-state index < -0.39 is 0 Å². The van der Waals surface area contributed by atoms with Crippen LogP contribution < -0.4 is 5.73 Å². The van der Waals surface area contributed by atoms with Crippen LogP contribution in [0.15, 0.2) is 18.2 Å². The molecule has 0 fully saturated rings. The van der Waals surface area contributed by atoms with Gasteiger partial charge in [0.2, 0.25) is 0 Å². The van der Waals surface area contributed by atoms with Gasteiger partial charge in [-0.15, -0.1) is 17.0 Å². The number of rotatable bonds is 0. The van der Waals surface area contributed by atoms with Crippen LogP contribution in [0.1, 0.15) is 0 Å². The maximum absolute atomic E-state index is 9.08. The van der Waals surface area contributed by atoms with Gasteiger partial charge < -0.3 is 10.8 Å². The summed E-state index contributed by atoms with van der Waals surface area (Å²) in [6.07, 6.45) is 0. The number of nitrogen functional groups attached to an aromatic ring is 1. The fraction of sp³-hybridized carbons (Fsp3) is 0. The monoisotopic (exact) mass is 246 g/mol. The summed E-state index contributed by atoms with van der Waals surface area (Å²) in [4.78, 5) is 4.04. The van der Waals surface area contributed by atoms with Crippen LogP contribution in [-0.4, -0.2) is 10.1 Å². The summed E-state index contributed by atoms with van der Waals surface area (Å²) in [5, 5.41) is 9.61. The highest BCUT2D eigenvalue weighted by Gasteiger charge is 1.99. The van der Waals surface area contributed by atoms with Crippen molar-refractivity contribution in [3.8, 4) is 5.75 Å². The number of hydrogen-bond acceptors (Lipinski definition) is 4. The first kappa shape index (κ1) is 9.28. The van der Waals surface area contributed by atoms with Gasteiger partial charge in [-0.25, -0.2) is 4.98 Å². The summed E-state index contributed by atoms with van der Waals surface area (Å²) in [6, 6.07) is 5.00. The molecular weight excluding hydrogens is 240 g/mol. The molecule has 3 N–H and O–H groups in total. The number of nitrogens with zero attached hydrogens (tertiary/aromatic N) is 1. The van der Waals surface area contributed by atoms with Gasteiger partial charge in [0.1, 0.15) is 5.75 Å². The van der Waals surface area contributed by atoms with E-state index in [1.54, 1.807) is 18.2 Å². The second kappa shape index (κ2) is 3.28. The molecule has 64 valence electrons. The Hall–Kier alpha value is -0.810. The van der Waals surface area contributed by atoms with E-state index in [9.17, 15) is 0 Å². The average molecular weight is 247 g/mol. The zero-order chi connectivity index (χ0) is 7.84. The largest absolute Gasteiger partial charge is 0.508 e. The number of aromatic nitrogens is 1. The number of phenolic OH excluding ortho intramolecular Hbond substituents is 1. The van der Waals surface area contributed by atoms with Crippen molar-refractivity contribution in [2.45, 2.75) is 0 Å². The maximum atomic E-state index is 9.08. The molecule has 0 saturated carbocycles.